The lowest BCUT2D eigenvalue weighted by Crippen LogP contribution is -2.52. The number of allylic oxidation sites excluding steroid dienone is 2. The van der Waals surface area contributed by atoms with Gasteiger partial charge in [0.15, 0.2) is 0 Å². The molecule has 0 aliphatic heterocycles. The van der Waals surface area contributed by atoms with Gasteiger partial charge in [-0.3, -0.25) is 0 Å². The van der Waals surface area contributed by atoms with E-state index in [0.717, 1.165) is 19.2 Å². The van der Waals surface area contributed by atoms with Gasteiger partial charge in [-0.1, -0.05) is 30.9 Å². The molecule has 0 amide bonds. The highest BCUT2D eigenvalue weighted by atomic mass is 16.5. The molecule has 1 aliphatic carbocycles. The Morgan fingerprint density at radius 2 is 1.57 bits per heavy atom. The standard InChI is InChI=1S/C13H14O6.2C6H11N2/c1-2-10(14)19-8-7-13(12(17)18)6-4-3-5-9(13)11(15)16;2*1-3-8-5-4-7(2)6-8/h2-6,9H,1,7-8H2,(H,15,16)(H,17,18);2*4-6H,3H2,1-2H3/q;2*+1/p-2. The molecule has 2 atom stereocenters. The fourth-order valence-corrected chi connectivity index (χ4v) is 3.26. The van der Waals surface area contributed by atoms with E-state index in [2.05, 4.69) is 59.3 Å². The number of carboxylic acids is 2. The Balaban J connectivity index is 0.000000312. The summed E-state index contributed by atoms with van der Waals surface area (Å²) in [6.07, 6.45) is 18.2. The number of aryl methyl sites for hydroxylation is 4. The highest BCUT2D eigenvalue weighted by Gasteiger charge is 2.38. The van der Waals surface area contributed by atoms with Crippen LogP contribution in [0.25, 0.3) is 0 Å². The second-order valence-electron chi connectivity index (χ2n) is 7.81. The molecular weight excluding hydrogens is 452 g/mol. The molecule has 1 aliphatic rings. The van der Waals surface area contributed by atoms with Crippen LogP contribution in [0, 0.1) is 11.3 Å². The molecule has 2 aromatic heterocycles. The number of hydrogen-bond donors (Lipinski definition) is 0. The zero-order chi connectivity index (χ0) is 26.4. The molecule has 0 spiro atoms. The topological polar surface area (TPSA) is 124 Å². The van der Waals surface area contributed by atoms with Crippen LogP contribution < -0.4 is 19.3 Å². The molecule has 2 aromatic rings. The fraction of sp³-hybridized carbons (Fsp3) is 0.400. The van der Waals surface area contributed by atoms with Crippen molar-refractivity contribution in [1.29, 1.82) is 0 Å². The molecule has 10 heteroatoms. The highest BCUT2D eigenvalue weighted by Crippen LogP contribution is 2.36. The third-order valence-corrected chi connectivity index (χ3v) is 5.30. The molecule has 0 bridgehead atoms. The predicted molar refractivity (Wildman–Crippen MR) is 123 cm³/mol. The number of carboxylic acid groups (broad SMARTS) is 2. The lowest BCUT2D eigenvalue weighted by Gasteiger charge is -2.39. The van der Waals surface area contributed by atoms with E-state index in [-0.39, 0.29) is 13.0 Å². The number of aromatic nitrogens is 4. The number of esters is 1. The first-order valence-electron chi connectivity index (χ1n) is 11.2. The molecule has 0 saturated heterocycles. The van der Waals surface area contributed by atoms with Gasteiger partial charge in [0.05, 0.1) is 39.8 Å². The van der Waals surface area contributed by atoms with Gasteiger partial charge < -0.3 is 24.5 Å². The van der Waals surface area contributed by atoms with Gasteiger partial charge in [-0.15, -0.1) is 0 Å². The minimum Gasteiger partial charge on any atom is -0.549 e. The van der Waals surface area contributed by atoms with E-state index in [1.54, 1.807) is 0 Å². The van der Waals surface area contributed by atoms with Gasteiger partial charge in [0.25, 0.3) is 0 Å². The second kappa shape index (κ2) is 14.3. The Hall–Kier alpha value is -3.95. The molecule has 0 aromatic carbocycles. The Labute approximate surface area is 205 Å². The van der Waals surface area contributed by atoms with Crippen molar-refractivity contribution in [2.24, 2.45) is 25.4 Å². The number of imidazole rings is 2. The Bertz CT molecular complexity index is 1010. The Kier molecular flexibility index (Phi) is 11.9. The smallest absolute Gasteiger partial charge is 0.330 e. The van der Waals surface area contributed by atoms with Crippen molar-refractivity contribution in [2.45, 2.75) is 33.4 Å². The molecule has 35 heavy (non-hydrogen) atoms. The predicted octanol–water partition coefficient (Wildman–Crippen LogP) is -1.00. The largest absolute Gasteiger partial charge is 0.549 e. The number of rotatable bonds is 8. The summed E-state index contributed by atoms with van der Waals surface area (Å²) >= 11 is 0. The van der Waals surface area contributed by atoms with Crippen LogP contribution in [0.1, 0.15) is 20.3 Å². The van der Waals surface area contributed by atoms with Gasteiger partial charge in [0.1, 0.15) is 24.8 Å². The van der Waals surface area contributed by atoms with Crippen molar-refractivity contribution < 1.29 is 38.5 Å². The van der Waals surface area contributed by atoms with Gasteiger partial charge in [-0.05, 0) is 20.3 Å². The number of carbonyl (C=O) groups is 3. The van der Waals surface area contributed by atoms with E-state index in [1.807, 2.05) is 35.6 Å². The maximum atomic E-state index is 11.3. The maximum absolute atomic E-state index is 11.3. The third kappa shape index (κ3) is 9.07. The molecule has 2 heterocycles. The monoisotopic (exact) mass is 486 g/mol. The molecule has 0 fully saturated rings. The fourth-order valence-electron chi connectivity index (χ4n) is 3.26. The zero-order valence-electron chi connectivity index (χ0n) is 20.7. The normalized spacial score (nSPS) is 17.9. The summed E-state index contributed by atoms with van der Waals surface area (Å²) in [5, 5.41) is 22.3. The summed E-state index contributed by atoms with van der Waals surface area (Å²) in [5.41, 5.74) is -1.78. The molecule has 0 radical (unpaired) electrons. The van der Waals surface area contributed by atoms with Gasteiger partial charge in [0.2, 0.25) is 12.7 Å². The van der Waals surface area contributed by atoms with Crippen LogP contribution in [-0.4, -0.2) is 33.6 Å². The van der Waals surface area contributed by atoms with E-state index in [1.165, 1.54) is 24.3 Å². The first kappa shape index (κ1) is 29.1. The van der Waals surface area contributed by atoms with Crippen LogP contribution in [-0.2, 0) is 46.3 Å². The van der Waals surface area contributed by atoms with Crippen LogP contribution in [0.4, 0.5) is 0 Å². The summed E-state index contributed by atoms with van der Waals surface area (Å²) < 4.78 is 13.0. The SMILES string of the molecule is C=CC(=O)OCCC1(C(=O)[O-])C=CC=CC1C(=O)[O-].CC[n+]1ccn(C)c1.CC[n+]1ccn(C)c1. The zero-order valence-corrected chi connectivity index (χ0v) is 20.7. The van der Waals surface area contributed by atoms with Crippen LogP contribution in [0.3, 0.4) is 0 Å². The van der Waals surface area contributed by atoms with Crippen LogP contribution in [0.5, 0.6) is 0 Å². The molecule has 2 unspecified atom stereocenters. The van der Waals surface area contributed by atoms with Gasteiger partial charge in [0, 0.05) is 23.4 Å². The average Bonchev–Trinajstić information content (AvgIpc) is 3.47. The highest BCUT2D eigenvalue weighted by molar-refractivity contribution is 5.85. The van der Waals surface area contributed by atoms with Crippen LogP contribution >= 0.6 is 0 Å². The molecule has 3 rings (SSSR count). The van der Waals surface area contributed by atoms with Gasteiger partial charge in [-0.2, -0.15) is 0 Å². The van der Waals surface area contributed by atoms with E-state index >= 15 is 0 Å². The summed E-state index contributed by atoms with van der Waals surface area (Å²) in [7, 11) is 4.04. The van der Waals surface area contributed by atoms with E-state index < -0.39 is 29.2 Å². The lowest BCUT2D eigenvalue weighted by molar-refractivity contribution is -0.693. The van der Waals surface area contributed by atoms with Crippen LogP contribution in [0.2, 0.25) is 0 Å². The van der Waals surface area contributed by atoms with Crippen LogP contribution in [0.15, 0.2) is 74.4 Å². The Morgan fingerprint density at radius 1 is 1.03 bits per heavy atom. The number of nitrogens with zero attached hydrogens (tertiary/aromatic N) is 4. The summed E-state index contributed by atoms with van der Waals surface area (Å²) in [5.74, 6) is -5.17. The number of ether oxygens (including phenoxy) is 1. The van der Waals surface area contributed by atoms with Crippen molar-refractivity contribution in [3.63, 3.8) is 0 Å². The molecule has 0 saturated carbocycles. The maximum Gasteiger partial charge on any atom is 0.330 e. The third-order valence-electron chi connectivity index (χ3n) is 5.30. The van der Waals surface area contributed by atoms with Crippen molar-refractivity contribution in [3.8, 4) is 0 Å². The van der Waals surface area contributed by atoms with E-state index in [4.69, 9.17) is 0 Å². The van der Waals surface area contributed by atoms with Crippen molar-refractivity contribution in [2.75, 3.05) is 6.61 Å². The van der Waals surface area contributed by atoms with Gasteiger partial charge in [-0.25, -0.2) is 23.1 Å². The summed E-state index contributed by atoms with van der Waals surface area (Å²) in [4.78, 5) is 33.2. The minimum atomic E-state index is -1.78. The van der Waals surface area contributed by atoms with Gasteiger partial charge >= 0.3 is 5.97 Å². The molecule has 190 valence electrons. The summed E-state index contributed by atoms with van der Waals surface area (Å²) in [6, 6.07) is 0. The molecular formula is C25H34N4O6. The minimum absolute atomic E-state index is 0.228. The average molecular weight is 487 g/mol. The van der Waals surface area contributed by atoms with E-state index in [9.17, 15) is 24.6 Å². The molecule has 10 nitrogen and oxygen atoms in total. The van der Waals surface area contributed by atoms with E-state index in [0.29, 0.717) is 0 Å². The first-order valence-corrected chi connectivity index (χ1v) is 11.2. The number of aliphatic carboxylic acids is 2. The summed E-state index contributed by atoms with van der Waals surface area (Å²) in [6.45, 7) is 9.29. The number of hydrogen-bond acceptors (Lipinski definition) is 6. The second-order valence-corrected chi connectivity index (χ2v) is 7.81. The van der Waals surface area contributed by atoms with Crippen molar-refractivity contribution in [3.05, 3.63) is 74.4 Å². The van der Waals surface area contributed by atoms with Crippen molar-refractivity contribution in [1.82, 2.24) is 9.13 Å². The van der Waals surface area contributed by atoms with Crippen molar-refractivity contribution >= 4 is 17.9 Å². The lowest BCUT2D eigenvalue weighted by atomic mass is 9.70. The number of carbonyl (C=O) groups excluding carboxylic acids is 3. The Morgan fingerprint density at radius 3 is 1.91 bits per heavy atom. The molecule has 0 N–H and O–H groups in total. The quantitative estimate of drug-likeness (QED) is 0.268. The first-order chi connectivity index (χ1) is 16.6.